The second kappa shape index (κ2) is 5.33. The third kappa shape index (κ3) is 2.66. The van der Waals surface area contributed by atoms with E-state index in [0.29, 0.717) is 0 Å². The van der Waals surface area contributed by atoms with E-state index in [2.05, 4.69) is 0 Å². The van der Waals surface area contributed by atoms with Crippen LogP contribution in [-0.2, 0) is 0 Å². The maximum atomic E-state index is 10.8. The van der Waals surface area contributed by atoms with Crippen molar-refractivity contribution in [1.29, 1.82) is 0 Å². The number of para-hydroxylation sites is 2. The molecule has 0 unspecified atom stereocenters. The number of hydrogen-bond donors (Lipinski definition) is 2. The number of nitrogens with zero attached hydrogens (tertiary/aromatic N) is 2. The van der Waals surface area contributed by atoms with E-state index < -0.39 is 9.85 Å². The van der Waals surface area contributed by atoms with Crippen molar-refractivity contribution in [3.05, 3.63) is 56.6 Å². The Balaban J connectivity index is 2.44. The molecule has 0 radical (unpaired) electrons. The van der Waals surface area contributed by atoms with Crippen LogP contribution in [-0.4, -0.2) is 9.85 Å². The first-order valence-corrected chi connectivity index (χ1v) is 5.65. The predicted molar refractivity (Wildman–Crippen MR) is 75.1 cm³/mol. The Labute approximate surface area is 118 Å². The predicted octanol–water partition coefficient (Wildman–Crippen LogP) is 2.46. The van der Waals surface area contributed by atoms with Crippen LogP contribution in [0.15, 0.2) is 36.4 Å². The van der Waals surface area contributed by atoms with Crippen molar-refractivity contribution in [2.24, 2.45) is 0 Å². The Morgan fingerprint density at radius 2 is 1.19 bits per heavy atom. The molecule has 0 aromatic heterocycles. The number of rotatable bonds is 4. The van der Waals surface area contributed by atoms with Gasteiger partial charge < -0.3 is 16.2 Å². The summed E-state index contributed by atoms with van der Waals surface area (Å²) in [5.41, 5.74) is 10.3. The fourth-order valence-electron chi connectivity index (χ4n) is 1.68. The van der Waals surface area contributed by atoms with Gasteiger partial charge in [0.05, 0.1) is 9.85 Å². The molecule has 0 aliphatic rings. The number of anilines is 2. The lowest BCUT2D eigenvalue weighted by molar-refractivity contribution is -0.384. The van der Waals surface area contributed by atoms with Gasteiger partial charge in [-0.25, -0.2) is 0 Å². The number of nitro groups is 2. The van der Waals surface area contributed by atoms with Gasteiger partial charge in [-0.15, -0.1) is 0 Å². The third-order valence-corrected chi connectivity index (χ3v) is 2.70. The zero-order valence-corrected chi connectivity index (χ0v) is 10.6. The van der Waals surface area contributed by atoms with E-state index in [0.717, 1.165) is 0 Å². The summed E-state index contributed by atoms with van der Waals surface area (Å²) in [5, 5.41) is 21.6. The lowest BCUT2D eigenvalue weighted by atomic mass is 10.2. The highest BCUT2D eigenvalue weighted by molar-refractivity contribution is 5.71. The number of nitrogen functional groups attached to an aromatic ring is 2. The van der Waals surface area contributed by atoms with E-state index in [-0.39, 0.29) is 34.2 Å². The van der Waals surface area contributed by atoms with Crippen LogP contribution in [0.5, 0.6) is 11.5 Å². The number of hydrogen-bond acceptors (Lipinski definition) is 7. The Morgan fingerprint density at radius 1 is 0.810 bits per heavy atom. The summed E-state index contributed by atoms with van der Waals surface area (Å²) >= 11 is 0. The molecular formula is C12H10N4O5. The monoisotopic (exact) mass is 290 g/mol. The van der Waals surface area contributed by atoms with Crippen LogP contribution in [0.4, 0.5) is 22.7 Å². The average Bonchev–Trinajstić information content (AvgIpc) is 2.42. The molecule has 108 valence electrons. The van der Waals surface area contributed by atoms with Crippen molar-refractivity contribution < 1.29 is 14.6 Å². The average molecular weight is 290 g/mol. The Bertz CT molecular complexity index is 670. The zero-order valence-electron chi connectivity index (χ0n) is 10.6. The fraction of sp³-hybridized carbons (Fsp3) is 0. The van der Waals surface area contributed by atoms with Crippen molar-refractivity contribution in [1.82, 2.24) is 0 Å². The summed E-state index contributed by atoms with van der Waals surface area (Å²) < 4.78 is 5.36. The van der Waals surface area contributed by atoms with E-state index >= 15 is 0 Å². The number of ether oxygens (including phenoxy) is 1. The number of nitrogens with two attached hydrogens (primary N) is 2. The van der Waals surface area contributed by atoms with Crippen molar-refractivity contribution in [3.63, 3.8) is 0 Å². The van der Waals surface area contributed by atoms with Crippen molar-refractivity contribution in [3.8, 4) is 11.5 Å². The third-order valence-electron chi connectivity index (χ3n) is 2.70. The minimum absolute atomic E-state index is 0.00334. The molecule has 0 atom stereocenters. The van der Waals surface area contributed by atoms with E-state index in [1.165, 1.54) is 36.4 Å². The first kappa shape index (κ1) is 14.1. The summed E-state index contributed by atoms with van der Waals surface area (Å²) in [5.74, 6) is -0.00667. The lowest BCUT2D eigenvalue weighted by Gasteiger charge is -2.10. The van der Waals surface area contributed by atoms with E-state index in [9.17, 15) is 20.2 Å². The van der Waals surface area contributed by atoms with E-state index in [4.69, 9.17) is 16.2 Å². The maximum absolute atomic E-state index is 10.8. The van der Waals surface area contributed by atoms with Gasteiger partial charge >= 0.3 is 0 Å². The molecule has 9 heteroatoms. The molecule has 2 aromatic carbocycles. The van der Waals surface area contributed by atoms with Crippen molar-refractivity contribution in [2.75, 3.05) is 11.5 Å². The van der Waals surface area contributed by atoms with Crippen LogP contribution in [0.3, 0.4) is 0 Å². The highest BCUT2D eigenvalue weighted by Crippen LogP contribution is 2.38. The Kier molecular flexibility index (Phi) is 3.57. The molecule has 0 amide bonds. The summed E-state index contributed by atoms with van der Waals surface area (Å²) in [4.78, 5) is 20.3. The molecule has 0 heterocycles. The number of nitro benzene ring substituents is 2. The molecule has 0 aliphatic heterocycles. The second-order valence-corrected chi connectivity index (χ2v) is 3.99. The van der Waals surface area contributed by atoms with Gasteiger partial charge in [0, 0.05) is 12.1 Å². The summed E-state index contributed by atoms with van der Waals surface area (Å²) in [6.45, 7) is 0. The molecule has 0 bridgehead atoms. The highest BCUT2D eigenvalue weighted by Gasteiger charge is 2.19. The highest BCUT2D eigenvalue weighted by atomic mass is 16.6. The Hall–Kier alpha value is -3.36. The fourth-order valence-corrected chi connectivity index (χ4v) is 1.68. The van der Waals surface area contributed by atoms with E-state index in [1.54, 1.807) is 0 Å². The van der Waals surface area contributed by atoms with Gasteiger partial charge in [0.15, 0.2) is 22.9 Å². The van der Waals surface area contributed by atoms with Gasteiger partial charge in [-0.1, -0.05) is 12.1 Å². The summed E-state index contributed by atoms with van der Waals surface area (Å²) in [6, 6.07) is 8.02. The second-order valence-electron chi connectivity index (χ2n) is 3.99. The SMILES string of the molecule is Nc1c(Oc2cccc([N+](=O)[O-])c2N)cccc1[N+](=O)[O-]. The van der Waals surface area contributed by atoms with Crippen LogP contribution < -0.4 is 16.2 Å². The van der Waals surface area contributed by atoms with Crippen LogP contribution in [0.1, 0.15) is 0 Å². The molecule has 4 N–H and O–H groups in total. The summed E-state index contributed by atoms with van der Waals surface area (Å²) in [7, 11) is 0. The molecule has 2 rings (SSSR count). The largest absolute Gasteiger partial charge is 0.452 e. The quantitative estimate of drug-likeness (QED) is 0.499. The molecule has 0 fully saturated rings. The standard InChI is InChI=1S/C12H10N4O5/c13-11-7(15(17)18)3-1-5-9(11)21-10-6-2-4-8(12(10)14)16(19)20/h1-6H,13-14H2. The smallest absolute Gasteiger partial charge is 0.295 e. The molecule has 21 heavy (non-hydrogen) atoms. The van der Waals surface area contributed by atoms with Crippen molar-refractivity contribution >= 4 is 22.7 Å². The van der Waals surface area contributed by atoms with Crippen LogP contribution >= 0.6 is 0 Å². The normalized spacial score (nSPS) is 10.1. The molecule has 0 saturated carbocycles. The van der Waals surface area contributed by atoms with Crippen molar-refractivity contribution in [2.45, 2.75) is 0 Å². The van der Waals surface area contributed by atoms with Gasteiger partial charge in [0.25, 0.3) is 11.4 Å². The Morgan fingerprint density at radius 3 is 1.52 bits per heavy atom. The van der Waals surface area contributed by atoms with Crippen LogP contribution in [0.2, 0.25) is 0 Å². The van der Waals surface area contributed by atoms with Gasteiger partial charge in [0.1, 0.15) is 0 Å². The maximum Gasteiger partial charge on any atom is 0.295 e. The number of benzene rings is 2. The molecule has 0 aliphatic carbocycles. The first-order valence-electron chi connectivity index (χ1n) is 5.65. The van der Waals surface area contributed by atoms with Gasteiger partial charge in [-0.2, -0.15) is 0 Å². The molecular weight excluding hydrogens is 280 g/mol. The van der Waals surface area contributed by atoms with Gasteiger partial charge in [0.2, 0.25) is 0 Å². The molecule has 2 aromatic rings. The minimum Gasteiger partial charge on any atom is -0.452 e. The van der Waals surface area contributed by atoms with E-state index in [1.807, 2.05) is 0 Å². The van der Waals surface area contributed by atoms with Crippen LogP contribution in [0.25, 0.3) is 0 Å². The first-order chi connectivity index (χ1) is 9.91. The van der Waals surface area contributed by atoms with Gasteiger partial charge in [-0.05, 0) is 12.1 Å². The lowest BCUT2D eigenvalue weighted by Crippen LogP contribution is -2.01. The molecule has 0 spiro atoms. The molecule has 0 saturated heterocycles. The van der Waals surface area contributed by atoms with Crippen LogP contribution in [0, 0.1) is 20.2 Å². The zero-order chi connectivity index (χ0) is 15.6. The van der Waals surface area contributed by atoms with Gasteiger partial charge in [-0.3, -0.25) is 20.2 Å². The minimum atomic E-state index is -0.654. The molecule has 9 nitrogen and oxygen atoms in total. The topological polar surface area (TPSA) is 148 Å². The summed E-state index contributed by atoms with van der Waals surface area (Å²) in [6.07, 6.45) is 0.